The van der Waals surface area contributed by atoms with Crippen LogP contribution in [0, 0.1) is 13.8 Å². The quantitative estimate of drug-likeness (QED) is 0.860. The molecule has 0 radical (unpaired) electrons. The zero-order valence-electron chi connectivity index (χ0n) is 12.0. The molecular weight excluding hydrogens is 266 g/mol. The first-order valence-corrected chi connectivity index (χ1v) is 7.02. The van der Waals surface area contributed by atoms with Crippen molar-refractivity contribution in [3.8, 4) is 5.75 Å². The van der Waals surface area contributed by atoms with Gasteiger partial charge < -0.3 is 10.5 Å². The fourth-order valence-corrected chi connectivity index (χ4v) is 2.37. The van der Waals surface area contributed by atoms with Crippen LogP contribution in [0.25, 0.3) is 0 Å². The first-order valence-electron chi connectivity index (χ1n) is 6.61. The highest BCUT2D eigenvalue weighted by Gasteiger charge is 2.12. The molecule has 1 atom stereocenters. The number of nitrogens with two attached hydrogens (primary N) is 1. The van der Waals surface area contributed by atoms with Crippen molar-refractivity contribution in [2.24, 2.45) is 5.73 Å². The first-order chi connectivity index (χ1) is 9.49. The summed E-state index contributed by atoms with van der Waals surface area (Å²) in [6.45, 7) is 6.08. The third kappa shape index (κ3) is 3.17. The maximum Gasteiger partial charge on any atom is 0.126 e. The highest BCUT2D eigenvalue weighted by atomic mass is 32.1. The summed E-state index contributed by atoms with van der Waals surface area (Å²) in [6.07, 6.45) is 0.00396. The number of benzene rings is 2. The molecule has 0 spiro atoms. The molecule has 2 nitrogen and oxygen atoms in total. The van der Waals surface area contributed by atoms with E-state index < -0.39 is 0 Å². The Kier molecular flexibility index (Phi) is 4.40. The Morgan fingerprint density at radius 3 is 2.15 bits per heavy atom. The van der Waals surface area contributed by atoms with Gasteiger partial charge >= 0.3 is 0 Å². The van der Waals surface area contributed by atoms with Gasteiger partial charge in [-0.15, -0.1) is 0 Å². The van der Waals surface area contributed by atoms with E-state index in [0.717, 1.165) is 28.0 Å². The Morgan fingerprint density at radius 2 is 1.65 bits per heavy atom. The van der Waals surface area contributed by atoms with E-state index in [0.29, 0.717) is 4.99 Å². The van der Waals surface area contributed by atoms with Crippen molar-refractivity contribution in [3.05, 3.63) is 64.7 Å². The Hall–Kier alpha value is -1.87. The first kappa shape index (κ1) is 14.5. The maximum atomic E-state index is 6.11. The Morgan fingerprint density at radius 1 is 1.10 bits per heavy atom. The second-order valence-corrected chi connectivity index (χ2v) is 5.41. The number of rotatable bonds is 4. The third-order valence-electron chi connectivity index (χ3n) is 3.31. The van der Waals surface area contributed by atoms with Crippen LogP contribution in [0.3, 0.4) is 0 Å². The van der Waals surface area contributed by atoms with Crippen LogP contribution in [-0.2, 0) is 0 Å². The summed E-state index contributed by atoms with van der Waals surface area (Å²) >= 11 is 5.03. The molecule has 2 rings (SSSR count). The maximum absolute atomic E-state index is 6.11. The zero-order chi connectivity index (χ0) is 14.7. The SMILES string of the molecule is Cc1cc(C(N)=S)cc(C)c1OC(C)c1ccccc1. The van der Waals surface area contributed by atoms with Gasteiger partial charge in [0, 0.05) is 5.56 Å². The van der Waals surface area contributed by atoms with Crippen molar-refractivity contribution in [1.82, 2.24) is 0 Å². The van der Waals surface area contributed by atoms with Crippen molar-refractivity contribution in [2.75, 3.05) is 0 Å². The van der Waals surface area contributed by atoms with E-state index >= 15 is 0 Å². The molecule has 0 saturated carbocycles. The van der Waals surface area contributed by atoms with Crippen LogP contribution in [0.15, 0.2) is 42.5 Å². The van der Waals surface area contributed by atoms with Gasteiger partial charge in [0.15, 0.2) is 0 Å². The molecule has 104 valence electrons. The van der Waals surface area contributed by atoms with Crippen molar-refractivity contribution in [1.29, 1.82) is 0 Å². The number of ether oxygens (including phenoxy) is 1. The number of hydrogen-bond acceptors (Lipinski definition) is 2. The topological polar surface area (TPSA) is 35.2 Å². The van der Waals surface area contributed by atoms with E-state index in [1.165, 1.54) is 0 Å². The smallest absolute Gasteiger partial charge is 0.126 e. The largest absolute Gasteiger partial charge is 0.485 e. The predicted molar refractivity (Wildman–Crippen MR) is 87.3 cm³/mol. The fourth-order valence-electron chi connectivity index (χ4n) is 2.25. The van der Waals surface area contributed by atoms with Crippen LogP contribution in [-0.4, -0.2) is 4.99 Å². The number of aryl methyl sites for hydroxylation is 2. The number of hydrogen-bond donors (Lipinski definition) is 1. The Bertz CT molecular complexity index is 599. The molecule has 0 aromatic heterocycles. The minimum absolute atomic E-state index is 0.00396. The molecule has 2 aromatic carbocycles. The van der Waals surface area contributed by atoms with Gasteiger partial charge in [0.1, 0.15) is 16.8 Å². The molecule has 0 saturated heterocycles. The second-order valence-electron chi connectivity index (χ2n) is 4.97. The van der Waals surface area contributed by atoms with Crippen molar-refractivity contribution in [2.45, 2.75) is 26.9 Å². The third-order valence-corrected chi connectivity index (χ3v) is 3.54. The average Bonchev–Trinajstić information content (AvgIpc) is 2.43. The summed E-state index contributed by atoms with van der Waals surface area (Å²) in [5.41, 5.74) is 9.83. The Labute approximate surface area is 125 Å². The molecule has 2 aromatic rings. The summed E-state index contributed by atoms with van der Waals surface area (Å²) in [5, 5.41) is 0. The lowest BCUT2D eigenvalue weighted by molar-refractivity contribution is 0.224. The minimum Gasteiger partial charge on any atom is -0.485 e. The van der Waals surface area contributed by atoms with Crippen LogP contribution < -0.4 is 10.5 Å². The van der Waals surface area contributed by atoms with Crippen molar-refractivity contribution < 1.29 is 4.74 Å². The summed E-state index contributed by atoms with van der Waals surface area (Å²) in [7, 11) is 0. The van der Waals surface area contributed by atoms with Gasteiger partial charge in [0.2, 0.25) is 0 Å². The van der Waals surface area contributed by atoms with Crippen LogP contribution >= 0.6 is 12.2 Å². The van der Waals surface area contributed by atoms with Crippen molar-refractivity contribution >= 4 is 17.2 Å². The standard InChI is InChI=1S/C17H19NOS/c1-11-9-15(17(18)20)10-12(2)16(11)19-13(3)14-7-5-4-6-8-14/h4-10,13H,1-3H3,(H2,18,20). The summed E-state index contributed by atoms with van der Waals surface area (Å²) in [5.74, 6) is 0.904. The van der Waals surface area contributed by atoms with Crippen LogP contribution in [0.2, 0.25) is 0 Å². The molecule has 0 heterocycles. The molecule has 0 amide bonds. The highest BCUT2D eigenvalue weighted by Crippen LogP contribution is 2.29. The predicted octanol–water partition coefficient (Wildman–Crippen LogP) is 4.08. The lowest BCUT2D eigenvalue weighted by Crippen LogP contribution is -2.11. The van der Waals surface area contributed by atoms with Gasteiger partial charge in [-0.1, -0.05) is 42.5 Å². The van der Waals surface area contributed by atoms with E-state index in [1.54, 1.807) is 0 Å². The summed E-state index contributed by atoms with van der Waals surface area (Å²) < 4.78 is 6.11. The average molecular weight is 285 g/mol. The fraction of sp³-hybridized carbons (Fsp3) is 0.235. The Balaban J connectivity index is 2.28. The van der Waals surface area contributed by atoms with Crippen LogP contribution in [0.5, 0.6) is 5.75 Å². The van der Waals surface area contributed by atoms with E-state index in [9.17, 15) is 0 Å². The van der Waals surface area contributed by atoms with E-state index in [2.05, 4.69) is 19.1 Å². The second kappa shape index (κ2) is 6.06. The van der Waals surface area contributed by atoms with E-state index in [4.69, 9.17) is 22.7 Å². The molecule has 0 bridgehead atoms. The zero-order valence-corrected chi connectivity index (χ0v) is 12.8. The van der Waals surface area contributed by atoms with Gasteiger partial charge in [0.25, 0.3) is 0 Å². The van der Waals surface area contributed by atoms with E-state index in [1.807, 2.05) is 44.2 Å². The normalized spacial score (nSPS) is 11.9. The highest BCUT2D eigenvalue weighted by molar-refractivity contribution is 7.80. The monoisotopic (exact) mass is 285 g/mol. The number of thiocarbonyl (C=S) groups is 1. The van der Waals surface area contributed by atoms with Crippen LogP contribution in [0.1, 0.15) is 35.3 Å². The molecular formula is C17H19NOS. The van der Waals surface area contributed by atoms with Gasteiger partial charge in [-0.2, -0.15) is 0 Å². The van der Waals surface area contributed by atoms with Gasteiger partial charge in [0.05, 0.1) is 0 Å². The lowest BCUT2D eigenvalue weighted by atomic mass is 10.0. The molecule has 0 aliphatic heterocycles. The summed E-state index contributed by atoms with van der Waals surface area (Å²) in [6, 6.07) is 14.1. The lowest BCUT2D eigenvalue weighted by Gasteiger charge is -2.19. The van der Waals surface area contributed by atoms with Crippen molar-refractivity contribution in [3.63, 3.8) is 0 Å². The van der Waals surface area contributed by atoms with E-state index in [-0.39, 0.29) is 6.10 Å². The molecule has 2 N–H and O–H groups in total. The van der Waals surface area contributed by atoms with Crippen LogP contribution in [0.4, 0.5) is 0 Å². The van der Waals surface area contributed by atoms with Gasteiger partial charge in [-0.3, -0.25) is 0 Å². The molecule has 0 fully saturated rings. The molecule has 0 aliphatic rings. The molecule has 3 heteroatoms. The summed E-state index contributed by atoms with van der Waals surface area (Å²) in [4.78, 5) is 0.416. The molecule has 20 heavy (non-hydrogen) atoms. The molecule has 0 aliphatic carbocycles. The molecule has 1 unspecified atom stereocenters. The van der Waals surface area contributed by atoms with Gasteiger partial charge in [-0.25, -0.2) is 0 Å². The van der Waals surface area contributed by atoms with Gasteiger partial charge in [-0.05, 0) is 49.6 Å². The minimum atomic E-state index is 0.00396.